The van der Waals surface area contributed by atoms with Crippen LogP contribution in [-0.2, 0) is 17.4 Å². The smallest absolute Gasteiger partial charge is 0.310 e. The van der Waals surface area contributed by atoms with Crippen LogP contribution in [0.15, 0.2) is 48.8 Å². The van der Waals surface area contributed by atoms with Crippen molar-refractivity contribution in [2.24, 2.45) is 0 Å². The molecule has 3 rings (SSSR count). The van der Waals surface area contributed by atoms with Crippen LogP contribution in [0.1, 0.15) is 11.3 Å². The minimum absolute atomic E-state index is 0.0604. The van der Waals surface area contributed by atoms with Gasteiger partial charge in [-0.05, 0) is 30.3 Å². The summed E-state index contributed by atoms with van der Waals surface area (Å²) in [7, 11) is 0. The first-order chi connectivity index (χ1) is 13.6. The zero-order valence-electron chi connectivity index (χ0n) is 14.4. The number of halogens is 4. The summed E-state index contributed by atoms with van der Waals surface area (Å²) in [4.78, 5) is 25.4. The number of nitrogens with zero attached hydrogens (tertiary/aromatic N) is 4. The number of anilines is 1. The van der Waals surface area contributed by atoms with Crippen molar-refractivity contribution in [2.45, 2.75) is 12.6 Å². The summed E-state index contributed by atoms with van der Waals surface area (Å²) in [6, 6.07) is 6.26. The first kappa shape index (κ1) is 19.9. The highest BCUT2D eigenvalue weighted by Gasteiger charge is 2.38. The fraction of sp³-hybridized carbons (Fsp3) is 0.118. The summed E-state index contributed by atoms with van der Waals surface area (Å²) >= 11 is 0. The average molecular weight is 409 g/mol. The van der Waals surface area contributed by atoms with Crippen LogP contribution in [0.4, 0.5) is 29.1 Å². The molecule has 0 atom stereocenters. The Kier molecular flexibility index (Phi) is 5.26. The van der Waals surface area contributed by atoms with E-state index >= 15 is 0 Å². The molecule has 29 heavy (non-hydrogen) atoms. The Balaban J connectivity index is 1.78. The first-order valence-corrected chi connectivity index (χ1v) is 7.95. The van der Waals surface area contributed by atoms with Crippen molar-refractivity contribution in [1.29, 1.82) is 0 Å². The maximum absolute atomic E-state index is 13.1. The van der Waals surface area contributed by atoms with Crippen molar-refractivity contribution in [2.75, 3.05) is 5.32 Å². The number of aromatic nitrogens is 3. The van der Waals surface area contributed by atoms with Crippen LogP contribution in [0.3, 0.4) is 0 Å². The lowest BCUT2D eigenvalue weighted by atomic mass is 10.1. The van der Waals surface area contributed by atoms with Gasteiger partial charge in [0.2, 0.25) is 5.91 Å². The van der Waals surface area contributed by atoms with Crippen molar-refractivity contribution in [3.63, 3.8) is 0 Å². The third-order valence-electron chi connectivity index (χ3n) is 3.73. The highest BCUT2D eigenvalue weighted by atomic mass is 19.4. The number of nitrogens with one attached hydrogen (secondary N) is 1. The zero-order valence-corrected chi connectivity index (χ0v) is 14.4. The van der Waals surface area contributed by atoms with Gasteiger partial charge in [-0.1, -0.05) is 0 Å². The van der Waals surface area contributed by atoms with E-state index in [0.29, 0.717) is 6.07 Å². The van der Waals surface area contributed by atoms with Gasteiger partial charge in [0, 0.05) is 12.3 Å². The molecule has 150 valence electrons. The Hall–Kier alpha value is -3.83. The van der Waals surface area contributed by atoms with E-state index in [4.69, 9.17) is 0 Å². The second-order valence-corrected chi connectivity index (χ2v) is 5.79. The molecular formula is C17H11F4N5O3. The van der Waals surface area contributed by atoms with E-state index in [1.54, 1.807) is 0 Å². The largest absolute Gasteiger partial charge is 0.423 e. The fourth-order valence-electron chi connectivity index (χ4n) is 2.45. The molecule has 0 aliphatic rings. The van der Waals surface area contributed by atoms with Gasteiger partial charge in [0.1, 0.15) is 17.2 Å². The van der Waals surface area contributed by atoms with Gasteiger partial charge in [0.15, 0.2) is 0 Å². The Morgan fingerprint density at radius 3 is 2.59 bits per heavy atom. The number of pyridine rings is 1. The average Bonchev–Trinajstić information content (AvgIpc) is 3.10. The number of hydrogen-bond acceptors (Lipinski definition) is 5. The van der Waals surface area contributed by atoms with Crippen molar-refractivity contribution in [3.8, 4) is 5.69 Å². The number of nitro benzene ring substituents is 1. The molecule has 1 N–H and O–H groups in total. The molecule has 2 aromatic heterocycles. The van der Waals surface area contributed by atoms with Gasteiger partial charge in [0.25, 0.3) is 5.69 Å². The number of rotatable bonds is 5. The monoisotopic (exact) mass is 409 g/mol. The molecule has 0 saturated heterocycles. The lowest BCUT2D eigenvalue weighted by molar-refractivity contribution is -0.388. The van der Waals surface area contributed by atoms with Gasteiger partial charge in [0.05, 0.1) is 28.9 Å². The van der Waals surface area contributed by atoms with Crippen LogP contribution < -0.4 is 5.32 Å². The molecule has 3 aromatic rings. The van der Waals surface area contributed by atoms with E-state index in [-0.39, 0.29) is 23.6 Å². The van der Waals surface area contributed by atoms with E-state index in [0.717, 1.165) is 29.1 Å². The zero-order chi connectivity index (χ0) is 21.2. The van der Waals surface area contributed by atoms with E-state index in [1.807, 2.05) is 0 Å². The molecule has 1 amide bonds. The highest BCUT2D eigenvalue weighted by Crippen LogP contribution is 2.37. The van der Waals surface area contributed by atoms with Crippen molar-refractivity contribution in [1.82, 2.24) is 14.8 Å². The summed E-state index contributed by atoms with van der Waals surface area (Å²) in [5.74, 6) is -0.960. The number of hydrogen-bond donors (Lipinski definition) is 1. The fourth-order valence-corrected chi connectivity index (χ4v) is 2.45. The predicted molar refractivity (Wildman–Crippen MR) is 91.7 cm³/mol. The third-order valence-corrected chi connectivity index (χ3v) is 3.73. The second kappa shape index (κ2) is 7.66. The van der Waals surface area contributed by atoms with Gasteiger partial charge < -0.3 is 5.32 Å². The molecule has 0 saturated carbocycles. The summed E-state index contributed by atoms with van der Waals surface area (Å²) in [6.07, 6.45) is -2.89. The van der Waals surface area contributed by atoms with E-state index in [2.05, 4.69) is 15.4 Å². The number of nitro groups is 1. The molecule has 0 radical (unpaired) electrons. The number of benzene rings is 1. The topological polar surface area (TPSA) is 103 Å². The van der Waals surface area contributed by atoms with Gasteiger partial charge >= 0.3 is 6.18 Å². The summed E-state index contributed by atoms with van der Waals surface area (Å²) < 4.78 is 53.2. The Morgan fingerprint density at radius 2 is 1.97 bits per heavy atom. The van der Waals surface area contributed by atoms with Crippen molar-refractivity contribution in [3.05, 3.63) is 76.0 Å². The molecule has 0 unspecified atom stereocenters. The van der Waals surface area contributed by atoms with Crippen LogP contribution in [-0.4, -0.2) is 25.6 Å². The van der Waals surface area contributed by atoms with Gasteiger partial charge in [-0.25, -0.2) is 14.1 Å². The quantitative estimate of drug-likeness (QED) is 0.395. The van der Waals surface area contributed by atoms with E-state index < -0.39 is 34.1 Å². The van der Waals surface area contributed by atoms with Crippen LogP contribution in [0.2, 0.25) is 0 Å². The van der Waals surface area contributed by atoms with Gasteiger partial charge in [-0.15, -0.1) is 0 Å². The predicted octanol–water partition coefficient (Wildman–Crippen LogP) is 3.51. The summed E-state index contributed by atoms with van der Waals surface area (Å²) in [5.41, 5.74) is -2.30. The molecule has 0 bridgehead atoms. The SMILES string of the molecule is O=C(Cc1ccn(-c2ccc([N+](=O)[O-])c(C(F)(F)F)c2)n1)Nc1ccc(F)cn1. The first-order valence-electron chi connectivity index (χ1n) is 7.95. The normalized spacial score (nSPS) is 11.3. The summed E-state index contributed by atoms with van der Waals surface area (Å²) in [5, 5.41) is 17.3. The van der Waals surface area contributed by atoms with Crippen molar-refractivity contribution >= 4 is 17.4 Å². The minimum atomic E-state index is -4.92. The van der Waals surface area contributed by atoms with E-state index in [1.165, 1.54) is 18.3 Å². The maximum Gasteiger partial charge on any atom is 0.423 e. The molecule has 1 aromatic carbocycles. The number of amides is 1. The third kappa shape index (κ3) is 4.72. The lowest BCUT2D eigenvalue weighted by Gasteiger charge is -2.09. The second-order valence-electron chi connectivity index (χ2n) is 5.79. The molecule has 12 heteroatoms. The minimum Gasteiger partial charge on any atom is -0.310 e. The number of carbonyl (C=O) groups is 1. The molecular weight excluding hydrogens is 398 g/mol. The van der Waals surface area contributed by atoms with Crippen LogP contribution in [0, 0.1) is 15.9 Å². The number of carbonyl (C=O) groups excluding carboxylic acids is 1. The maximum atomic E-state index is 13.1. The molecule has 0 spiro atoms. The molecule has 8 nitrogen and oxygen atoms in total. The Bertz CT molecular complexity index is 1060. The molecule has 2 heterocycles. The Morgan fingerprint density at radius 1 is 1.21 bits per heavy atom. The summed E-state index contributed by atoms with van der Waals surface area (Å²) in [6.45, 7) is 0. The highest BCUT2D eigenvalue weighted by molar-refractivity contribution is 5.91. The number of alkyl halides is 3. The standard InChI is InChI=1S/C17H11F4N5O3/c18-10-1-4-15(22-9-10)23-16(27)7-11-5-6-25(24-11)12-2-3-14(26(28)29)13(8-12)17(19,20)21/h1-6,8-9H,7H2,(H,22,23,27). The van der Waals surface area contributed by atoms with Crippen LogP contribution in [0.5, 0.6) is 0 Å². The van der Waals surface area contributed by atoms with Crippen LogP contribution >= 0.6 is 0 Å². The molecule has 0 aliphatic heterocycles. The van der Waals surface area contributed by atoms with Gasteiger partial charge in [-0.3, -0.25) is 14.9 Å². The Labute approximate surface area is 159 Å². The van der Waals surface area contributed by atoms with Crippen LogP contribution in [0.25, 0.3) is 5.69 Å². The lowest BCUT2D eigenvalue weighted by Crippen LogP contribution is -2.16. The molecule has 0 fully saturated rings. The van der Waals surface area contributed by atoms with E-state index in [9.17, 15) is 32.5 Å². The van der Waals surface area contributed by atoms with Crippen molar-refractivity contribution < 1.29 is 27.3 Å². The van der Waals surface area contributed by atoms with Gasteiger partial charge in [-0.2, -0.15) is 18.3 Å². The molecule has 0 aliphatic carbocycles.